The molecule has 0 spiro atoms. The average molecular weight is 243 g/mol. The maximum absolute atomic E-state index is 10.4. The van der Waals surface area contributed by atoms with Crippen molar-refractivity contribution in [1.82, 2.24) is 0 Å². The molecular formula is C12H9N3O3. The van der Waals surface area contributed by atoms with Crippen LogP contribution in [0.1, 0.15) is 16.7 Å². The fourth-order valence-electron chi connectivity index (χ4n) is 1.62. The number of rotatable bonds is 3. The van der Waals surface area contributed by atoms with E-state index in [4.69, 9.17) is 0 Å². The van der Waals surface area contributed by atoms with Gasteiger partial charge in [0.2, 0.25) is 18.2 Å². The summed E-state index contributed by atoms with van der Waals surface area (Å²) in [7, 11) is 0. The highest BCUT2D eigenvalue weighted by atomic mass is 16.1. The Kier molecular flexibility index (Phi) is 4.19. The van der Waals surface area contributed by atoms with E-state index < -0.39 is 0 Å². The number of hydrogen-bond donors (Lipinski definition) is 0. The van der Waals surface area contributed by atoms with E-state index >= 15 is 0 Å². The number of isocyanates is 3. The molecule has 1 aromatic carbocycles. The van der Waals surface area contributed by atoms with Crippen LogP contribution in [0.4, 0.5) is 17.1 Å². The fourth-order valence-corrected chi connectivity index (χ4v) is 1.62. The van der Waals surface area contributed by atoms with Crippen molar-refractivity contribution >= 4 is 35.3 Å². The number of carbonyl (C=O) groups excluding carboxylic acids is 3. The Morgan fingerprint density at radius 3 is 1.28 bits per heavy atom. The zero-order chi connectivity index (χ0) is 13.7. The van der Waals surface area contributed by atoms with Gasteiger partial charge in [-0.05, 0) is 37.5 Å². The summed E-state index contributed by atoms with van der Waals surface area (Å²) in [5, 5.41) is 0. The van der Waals surface area contributed by atoms with E-state index in [1.807, 2.05) is 0 Å². The van der Waals surface area contributed by atoms with Gasteiger partial charge in [0.05, 0.1) is 0 Å². The Morgan fingerprint density at radius 2 is 0.944 bits per heavy atom. The molecule has 0 radical (unpaired) electrons. The maximum atomic E-state index is 10.4. The third kappa shape index (κ3) is 2.21. The highest BCUT2D eigenvalue weighted by molar-refractivity contribution is 5.86. The zero-order valence-corrected chi connectivity index (χ0v) is 10.1. The van der Waals surface area contributed by atoms with Gasteiger partial charge in [0, 0.05) is 0 Å². The van der Waals surface area contributed by atoms with Gasteiger partial charge in [-0.1, -0.05) is 0 Å². The first-order valence-electron chi connectivity index (χ1n) is 4.95. The smallest absolute Gasteiger partial charge is 0.211 e. The van der Waals surface area contributed by atoms with Crippen LogP contribution in [0, 0.1) is 20.8 Å². The van der Waals surface area contributed by atoms with Crippen molar-refractivity contribution in [2.24, 2.45) is 15.0 Å². The first kappa shape index (κ1) is 13.4. The lowest BCUT2D eigenvalue weighted by atomic mass is 9.99. The summed E-state index contributed by atoms with van der Waals surface area (Å²) in [6.07, 6.45) is 4.12. The summed E-state index contributed by atoms with van der Waals surface area (Å²) in [5.41, 5.74) is 2.46. The topological polar surface area (TPSA) is 88.3 Å². The summed E-state index contributed by atoms with van der Waals surface area (Å²) in [4.78, 5) is 41.7. The molecule has 6 nitrogen and oxygen atoms in total. The molecular weight excluding hydrogens is 234 g/mol. The van der Waals surface area contributed by atoms with Crippen molar-refractivity contribution in [1.29, 1.82) is 0 Å². The van der Waals surface area contributed by atoms with Crippen molar-refractivity contribution in [2.75, 3.05) is 0 Å². The standard InChI is InChI=1S/C12H9N3O3/c1-7-8(2)10(13-4-16)12(15-6-18)11(9(7)3)14-5-17/h1-3H3. The second-order valence-electron chi connectivity index (χ2n) is 3.53. The number of benzene rings is 1. The maximum Gasteiger partial charge on any atom is 0.240 e. The zero-order valence-electron chi connectivity index (χ0n) is 10.1. The van der Waals surface area contributed by atoms with Crippen LogP contribution >= 0.6 is 0 Å². The number of hydrogen-bond acceptors (Lipinski definition) is 6. The van der Waals surface area contributed by atoms with E-state index in [-0.39, 0.29) is 17.1 Å². The third-order valence-corrected chi connectivity index (χ3v) is 2.76. The summed E-state index contributed by atoms with van der Waals surface area (Å²) < 4.78 is 0. The summed E-state index contributed by atoms with van der Waals surface area (Å²) >= 11 is 0. The van der Waals surface area contributed by atoms with Crippen LogP contribution in [-0.4, -0.2) is 18.2 Å². The molecule has 0 amide bonds. The van der Waals surface area contributed by atoms with Crippen LogP contribution < -0.4 is 0 Å². The first-order valence-corrected chi connectivity index (χ1v) is 4.95. The van der Waals surface area contributed by atoms with Gasteiger partial charge < -0.3 is 0 Å². The van der Waals surface area contributed by atoms with Gasteiger partial charge in [-0.25, -0.2) is 14.4 Å². The normalized spacial score (nSPS) is 8.83. The molecule has 0 aliphatic carbocycles. The van der Waals surface area contributed by atoms with Crippen LogP contribution in [0.2, 0.25) is 0 Å². The highest BCUT2D eigenvalue weighted by Crippen LogP contribution is 2.44. The van der Waals surface area contributed by atoms with Crippen molar-refractivity contribution in [3.63, 3.8) is 0 Å². The minimum absolute atomic E-state index is 0.0253. The molecule has 0 saturated carbocycles. The van der Waals surface area contributed by atoms with E-state index in [9.17, 15) is 14.4 Å². The molecule has 0 bridgehead atoms. The minimum atomic E-state index is 0.0253. The van der Waals surface area contributed by atoms with E-state index in [1.54, 1.807) is 20.8 Å². The Hall–Kier alpha value is -2.64. The molecule has 0 aromatic heterocycles. The molecule has 6 heteroatoms. The molecule has 0 N–H and O–H groups in total. The molecule has 0 saturated heterocycles. The van der Waals surface area contributed by atoms with Gasteiger partial charge in [0.15, 0.2) is 0 Å². The van der Waals surface area contributed by atoms with Crippen LogP contribution in [0.5, 0.6) is 0 Å². The molecule has 0 atom stereocenters. The summed E-state index contributed by atoms with van der Waals surface area (Å²) in [5.74, 6) is 0. The fraction of sp³-hybridized carbons (Fsp3) is 0.250. The highest BCUT2D eigenvalue weighted by Gasteiger charge is 2.17. The molecule has 0 aliphatic heterocycles. The lowest BCUT2D eigenvalue weighted by molar-refractivity contribution is 0.564. The molecule has 0 heterocycles. The van der Waals surface area contributed by atoms with Gasteiger partial charge in [0.25, 0.3) is 0 Å². The predicted molar refractivity (Wildman–Crippen MR) is 64.0 cm³/mol. The minimum Gasteiger partial charge on any atom is -0.211 e. The SMILES string of the molecule is Cc1c(C)c(N=C=O)c(N=C=O)c(N=C=O)c1C. The molecule has 0 fully saturated rings. The molecule has 18 heavy (non-hydrogen) atoms. The molecule has 90 valence electrons. The van der Waals surface area contributed by atoms with Gasteiger partial charge >= 0.3 is 0 Å². The van der Waals surface area contributed by atoms with Gasteiger partial charge in [-0.3, -0.25) is 0 Å². The molecule has 0 aliphatic rings. The molecule has 1 rings (SSSR count). The van der Waals surface area contributed by atoms with Gasteiger partial charge in [-0.2, -0.15) is 15.0 Å². The molecule has 1 aromatic rings. The monoisotopic (exact) mass is 243 g/mol. The Bertz CT molecular complexity index is 600. The largest absolute Gasteiger partial charge is 0.240 e. The van der Waals surface area contributed by atoms with E-state index in [0.717, 1.165) is 5.56 Å². The Morgan fingerprint density at radius 1 is 0.611 bits per heavy atom. The number of nitrogens with zero attached hydrogens (tertiary/aromatic N) is 3. The lowest BCUT2D eigenvalue weighted by Gasteiger charge is -2.12. The van der Waals surface area contributed by atoms with Crippen molar-refractivity contribution in [3.05, 3.63) is 16.7 Å². The van der Waals surface area contributed by atoms with Crippen molar-refractivity contribution in [3.8, 4) is 0 Å². The lowest BCUT2D eigenvalue weighted by Crippen LogP contribution is -1.89. The quantitative estimate of drug-likeness (QED) is 0.603. The van der Waals surface area contributed by atoms with Crippen LogP contribution in [0.15, 0.2) is 15.0 Å². The summed E-state index contributed by atoms with van der Waals surface area (Å²) in [6, 6.07) is 0. The first-order chi connectivity index (χ1) is 8.58. The molecule has 0 unspecified atom stereocenters. The van der Waals surface area contributed by atoms with E-state index in [0.29, 0.717) is 11.1 Å². The number of aliphatic imine (C=N–C) groups is 3. The Labute approximate surface area is 103 Å². The van der Waals surface area contributed by atoms with Gasteiger partial charge in [0.1, 0.15) is 17.1 Å². The third-order valence-electron chi connectivity index (χ3n) is 2.76. The van der Waals surface area contributed by atoms with Crippen LogP contribution in [-0.2, 0) is 14.4 Å². The van der Waals surface area contributed by atoms with Crippen molar-refractivity contribution < 1.29 is 14.4 Å². The predicted octanol–water partition coefficient (Wildman–Crippen LogP) is 2.51. The second-order valence-corrected chi connectivity index (χ2v) is 3.53. The summed E-state index contributed by atoms with van der Waals surface area (Å²) in [6.45, 7) is 5.22. The van der Waals surface area contributed by atoms with Crippen LogP contribution in [0.3, 0.4) is 0 Å². The van der Waals surface area contributed by atoms with E-state index in [2.05, 4.69) is 15.0 Å². The van der Waals surface area contributed by atoms with Crippen molar-refractivity contribution in [2.45, 2.75) is 20.8 Å². The Balaban J connectivity index is 3.96. The van der Waals surface area contributed by atoms with E-state index in [1.165, 1.54) is 18.2 Å². The second kappa shape index (κ2) is 5.62. The average Bonchev–Trinajstić information content (AvgIpc) is 2.36. The van der Waals surface area contributed by atoms with Crippen LogP contribution in [0.25, 0.3) is 0 Å². The van der Waals surface area contributed by atoms with Gasteiger partial charge in [-0.15, -0.1) is 0 Å².